The Balaban J connectivity index is 0. The summed E-state index contributed by atoms with van der Waals surface area (Å²) in [6.45, 7) is 4.01. The fraction of sp³-hybridized carbons (Fsp3) is 1.00. The van der Waals surface area contributed by atoms with Crippen LogP contribution in [0.2, 0.25) is 0 Å². The third-order valence-electron chi connectivity index (χ3n) is 2.18. The average Bonchev–Trinajstić information content (AvgIpc) is 2.16. The largest absolute Gasteiger partial charge is 1.00 e. The van der Waals surface area contributed by atoms with Crippen LogP contribution in [0.15, 0.2) is 0 Å². The van der Waals surface area contributed by atoms with Crippen LogP contribution in [0.1, 0.15) is 51.9 Å². The van der Waals surface area contributed by atoms with E-state index in [0.717, 1.165) is 6.54 Å². The van der Waals surface area contributed by atoms with Crippen molar-refractivity contribution in [2.45, 2.75) is 51.9 Å². The summed E-state index contributed by atoms with van der Waals surface area (Å²) in [5.41, 5.74) is 0. The van der Waals surface area contributed by atoms with Crippen molar-refractivity contribution in [1.82, 2.24) is 0 Å². The molecule has 0 aliphatic heterocycles. The molecule has 80 valence electrons. The Morgan fingerprint density at radius 2 is 1.43 bits per heavy atom. The second-order valence-corrected chi connectivity index (χ2v) is 3.52. The van der Waals surface area contributed by atoms with Crippen molar-refractivity contribution >= 4 is 0 Å². The van der Waals surface area contributed by atoms with E-state index in [0.29, 0.717) is 6.54 Å². The molecule has 0 aliphatic rings. The van der Waals surface area contributed by atoms with Crippen molar-refractivity contribution in [3.8, 4) is 0 Å². The smallest absolute Gasteiger partial charge is 0.660 e. The third kappa shape index (κ3) is 16.0. The fourth-order valence-electron chi connectivity index (χ4n) is 1.36. The van der Waals surface area contributed by atoms with Crippen LogP contribution in [0.5, 0.6) is 0 Å². The van der Waals surface area contributed by atoms with E-state index in [4.69, 9.17) is 5.11 Å². The maximum atomic E-state index is 8.47. The van der Waals surface area contributed by atoms with E-state index in [1.807, 2.05) is 0 Å². The van der Waals surface area contributed by atoms with E-state index in [1.165, 1.54) is 44.9 Å². The maximum absolute atomic E-state index is 8.47. The normalized spacial score (nSPS) is 9.86. The van der Waals surface area contributed by atoms with Crippen LogP contribution in [-0.2, 0) is 0 Å². The quantitative estimate of drug-likeness (QED) is 0.415. The average molecular weight is 225 g/mol. The van der Waals surface area contributed by atoms with Crippen molar-refractivity contribution in [3.63, 3.8) is 0 Å². The SMILES string of the molecule is CCCCCCCCC[N-]CCO.[K+]. The van der Waals surface area contributed by atoms with Crippen molar-refractivity contribution in [3.05, 3.63) is 5.32 Å². The zero-order valence-corrected chi connectivity index (χ0v) is 13.1. The fourth-order valence-corrected chi connectivity index (χ4v) is 1.36. The zero-order valence-electron chi connectivity index (χ0n) is 9.97. The number of hydrogen-bond donors (Lipinski definition) is 1. The van der Waals surface area contributed by atoms with Crippen LogP contribution in [-0.4, -0.2) is 24.8 Å². The molecule has 0 bridgehead atoms. The van der Waals surface area contributed by atoms with E-state index in [1.54, 1.807) is 0 Å². The molecule has 0 aromatic heterocycles. The molecule has 0 spiro atoms. The topological polar surface area (TPSA) is 34.3 Å². The predicted octanol–water partition coefficient (Wildman–Crippen LogP) is 0.107. The second kappa shape index (κ2) is 17.0. The minimum atomic E-state index is 0. The molecule has 1 N–H and O–H groups in total. The van der Waals surface area contributed by atoms with E-state index in [2.05, 4.69) is 12.2 Å². The summed E-state index contributed by atoms with van der Waals surface area (Å²) in [7, 11) is 0. The number of unbranched alkanes of at least 4 members (excludes halogenated alkanes) is 6. The molecular formula is C11H24KNO. The number of rotatable bonds is 10. The van der Waals surface area contributed by atoms with Gasteiger partial charge in [0, 0.05) is 6.61 Å². The molecule has 14 heavy (non-hydrogen) atoms. The number of hydrogen-bond acceptors (Lipinski definition) is 1. The molecule has 3 heteroatoms. The first-order valence-electron chi connectivity index (χ1n) is 5.66. The Hall–Kier alpha value is 1.56. The van der Waals surface area contributed by atoms with Gasteiger partial charge in [0.05, 0.1) is 0 Å². The molecule has 0 aliphatic carbocycles. The van der Waals surface area contributed by atoms with Gasteiger partial charge in [-0.15, -0.1) is 13.1 Å². The molecule has 0 saturated carbocycles. The van der Waals surface area contributed by atoms with Gasteiger partial charge in [0.2, 0.25) is 0 Å². The van der Waals surface area contributed by atoms with Crippen LogP contribution < -0.4 is 51.4 Å². The predicted molar refractivity (Wildman–Crippen MR) is 58.2 cm³/mol. The van der Waals surface area contributed by atoms with E-state index in [-0.39, 0.29) is 58.0 Å². The Morgan fingerprint density at radius 3 is 2.00 bits per heavy atom. The van der Waals surface area contributed by atoms with Gasteiger partial charge in [-0.3, -0.25) is 0 Å². The minimum Gasteiger partial charge on any atom is -0.660 e. The van der Waals surface area contributed by atoms with Crippen LogP contribution in [0.25, 0.3) is 5.32 Å². The van der Waals surface area contributed by atoms with Crippen LogP contribution >= 0.6 is 0 Å². The molecule has 0 rings (SSSR count). The van der Waals surface area contributed by atoms with Gasteiger partial charge < -0.3 is 10.4 Å². The van der Waals surface area contributed by atoms with E-state index < -0.39 is 0 Å². The summed E-state index contributed by atoms with van der Waals surface area (Å²) in [5, 5.41) is 12.6. The van der Waals surface area contributed by atoms with Crippen LogP contribution in [0.4, 0.5) is 0 Å². The number of nitrogens with zero attached hydrogens (tertiary/aromatic N) is 1. The van der Waals surface area contributed by atoms with Crippen molar-refractivity contribution in [2.75, 3.05) is 19.7 Å². The summed E-state index contributed by atoms with van der Waals surface area (Å²) in [4.78, 5) is 0. The van der Waals surface area contributed by atoms with Gasteiger partial charge in [-0.05, 0) is 0 Å². The summed E-state index contributed by atoms with van der Waals surface area (Å²) in [6.07, 6.45) is 9.35. The Labute approximate surface area is 132 Å². The van der Waals surface area contributed by atoms with Gasteiger partial charge in [-0.25, -0.2) is 0 Å². The number of aliphatic hydroxyl groups is 1. The summed E-state index contributed by atoms with van der Waals surface area (Å²) in [6, 6.07) is 0. The molecule has 2 nitrogen and oxygen atoms in total. The first kappa shape index (κ1) is 17.9. The molecular weight excluding hydrogens is 201 g/mol. The summed E-state index contributed by atoms with van der Waals surface area (Å²) in [5.74, 6) is 0. The molecule has 0 radical (unpaired) electrons. The molecule has 0 amide bonds. The molecule has 0 saturated heterocycles. The standard InChI is InChI=1S/C11H24NO.K/c1-2-3-4-5-6-7-8-9-12-10-11-13;/h13H,2-11H2,1H3;/q-1;+1. The Kier molecular flexibility index (Phi) is 21.7. The minimum absolute atomic E-state index is 0. The van der Waals surface area contributed by atoms with Gasteiger partial charge in [0.15, 0.2) is 0 Å². The van der Waals surface area contributed by atoms with Crippen LogP contribution in [0.3, 0.4) is 0 Å². The monoisotopic (exact) mass is 225 g/mol. The van der Waals surface area contributed by atoms with Gasteiger partial charge in [-0.2, -0.15) is 0 Å². The first-order valence-corrected chi connectivity index (χ1v) is 5.66. The third-order valence-corrected chi connectivity index (χ3v) is 2.18. The zero-order chi connectivity index (χ0) is 9.78. The molecule has 0 atom stereocenters. The molecule has 0 unspecified atom stereocenters. The molecule has 0 aromatic rings. The van der Waals surface area contributed by atoms with Crippen LogP contribution in [0, 0.1) is 0 Å². The van der Waals surface area contributed by atoms with Gasteiger partial charge in [-0.1, -0.05) is 51.9 Å². The Bertz CT molecular complexity index is 81.4. The van der Waals surface area contributed by atoms with Gasteiger partial charge in [0.25, 0.3) is 0 Å². The summed E-state index contributed by atoms with van der Waals surface area (Å²) >= 11 is 0. The Morgan fingerprint density at radius 1 is 0.857 bits per heavy atom. The van der Waals surface area contributed by atoms with Gasteiger partial charge in [0.1, 0.15) is 0 Å². The van der Waals surface area contributed by atoms with E-state index in [9.17, 15) is 0 Å². The van der Waals surface area contributed by atoms with Crippen molar-refractivity contribution in [2.24, 2.45) is 0 Å². The van der Waals surface area contributed by atoms with E-state index >= 15 is 0 Å². The maximum Gasteiger partial charge on any atom is 1.00 e. The van der Waals surface area contributed by atoms with Gasteiger partial charge >= 0.3 is 51.4 Å². The van der Waals surface area contributed by atoms with Crippen molar-refractivity contribution in [1.29, 1.82) is 0 Å². The molecule has 0 fully saturated rings. The second-order valence-electron chi connectivity index (χ2n) is 3.52. The summed E-state index contributed by atoms with van der Waals surface area (Å²) < 4.78 is 0. The number of aliphatic hydroxyl groups excluding tert-OH is 1. The van der Waals surface area contributed by atoms with Crippen molar-refractivity contribution < 1.29 is 56.5 Å². The molecule has 0 heterocycles. The molecule has 0 aromatic carbocycles. The first-order chi connectivity index (χ1) is 6.41.